The van der Waals surface area contributed by atoms with Crippen LogP contribution >= 0.6 is 0 Å². The van der Waals surface area contributed by atoms with Crippen LogP contribution in [0.1, 0.15) is 13.8 Å². The van der Waals surface area contributed by atoms with Crippen molar-refractivity contribution in [3.05, 3.63) is 11.8 Å². The van der Waals surface area contributed by atoms with E-state index >= 15 is 0 Å². The van der Waals surface area contributed by atoms with Crippen LogP contribution in [0.2, 0.25) is 0 Å². The fourth-order valence-corrected chi connectivity index (χ4v) is 0.411. The first-order valence-electron chi connectivity index (χ1n) is 2.27. The second-order valence-electron chi connectivity index (χ2n) is 1.51. The maximum absolute atomic E-state index is 10.3. The third-order valence-electron chi connectivity index (χ3n) is 0.634. The molecule has 43 valence electrons. The van der Waals surface area contributed by atoms with Gasteiger partial charge in [-0.3, -0.25) is 4.79 Å². The van der Waals surface area contributed by atoms with Crippen molar-refractivity contribution in [2.24, 2.45) is 0 Å². The lowest BCUT2D eigenvalue weighted by molar-refractivity contribution is -0.112. The van der Waals surface area contributed by atoms with Crippen LogP contribution in [0.25, 0.3) is 0 Å². The first-order valence-corrected chi connectivity index (χ1v) is 2.85. The van der Waals surface area contributed by atoms with Gasteiger partial charge in [0.15, 0.2) is 5.78 Å². The molecule has 0 aliphatic carbocycles. The van der Waals surface area contributed by atoms with Crippen LogP contribution in [0.4, 0.5) is 0 Å². The molecule has 0 atom stereocenters. The van der Waals surface area contributed by atoms with Crippen molar-refractivity contribution in [3.8, 4) is 0 Å². The second kappa shape index (κ2) is 3.71. The van der Waals surface area contributed by atoms with Crippen molar-refractivity contribution in [2.75, 3.05) is 0 Å². The fourth-order valence-electron chi connectivity index (χ4n) is 0.328. The molecule has 0 amide bonds. The molecule has 3 heteroatoms. The molecule has 0 aliphatic rings. The Morgan fingerprint density at radius 2 is 2.12 bits per heavy atom. The lowest BCUT2D eigenvalue weighted by atomic mass is 10.4. The van der Waals surface area contributed by atoms with Crippen LogP contribution in [0.15, 0.2) is 11.8 Å². The summed E-state index contributed by atoms with van der Waals surface area (Å²) in [6, 6.07) is 0. The Balaban J connectivity index is 3.75. The van der Waals surface area contributed by atoms with Gasteiger partial charge < -0.3 is 3.79 Å². The highest BCUT2D eigenvalue weighted by molar-refractivity contribution is 5.99. The Morgan fingerprint density at radius 1 is 1.62 bits per heavy atom. The van der Waals surface area contributed by atoms with Gasteiger partial charge in [-0.2, -0.15) is 0 Å². The summed E-state index contributed by atoms with van der Waals surface area (Å²) in [6.45, 7) is 3.24. The zero-order valence-corrected chi connectivity index (χ0v) is 6.52. The summed E-state index contributed by atoms with van der Waals surface area (Å²) < 4.78 is 4.73. The standard InChI is InChI=1S/C5H8O2.Al.H/c1-4(6)3-5(2)7;;/h3,6H,1-2H3;;/q;+1;/p-1. The summed E-state index contributed by atoms with van der Waals surface area (Å²) >= 11 is 1.36. The predicted molar refractivity (Wildman–Crippen MR) is 32.7 cm³/mol. The quantitative estimate of drug-likeness (QED) is 0.303. The van der Waals surface area contributed by atoms with Crippen LogP contribution in [0.3, 0.4) is 0 Å². The van der Waals surface area contributed by atoms with E-state index < -0.39 is 0 Å². The van der Waals surface area contributed by atoms with Crippen LogP contribution < -0.4 is 0 Å². The number of ketones is 1. The Labute approximate surface area is 57.3 Å². The van der Waals surface area contributed by atoms with Crippen molar-refractivity contribution < 1.29 is 8.58 Å². The minimum atomic E-state index is 0.0224. The van der Waals surface area contributed by atoms with Crippen molar-refractivity contribution in [1.82, 2.24) is 0 Å². The van der Waals surface area contributed by atoms with Gasteiger partial charge in [-0.25, -0.2) is 0 Å². The van der Waals surface area contributed by atoms with Crippen LogP contribution in [-0.2, 0) is 8.58 Å². The smallest absolute Gasteiger partial charge is 0.494 e. The summed E-state index contributed by atoms with van der Waals surface area (Å²) in [6.07, 6.45) is 1.45. The normalized spacial score (nSPS) is 11.0. The van der Waals surface area contributed by atoms with E-state index in [1.807, 2.05) is 0 Å². The number of hydrogen-bond donors (Lipinski definition) is 0. The van der Waals surface area contributed by atoms with E-state index in [4.69, 9.17) is 3.79 Å². The number of hydrogen-bond acceptors (Lipinski definition) is 2. The van der Waals surface area contributed by atoms with E-state index in [-0.39, 0.29) is 5.78 Å². The Kier molecular flexibility index (Phi) is 3.59. The molecule has 0 bridgehead atoms. The molecule has 0 heterocycles. The molecular formula is C5H8AlO2. The maximum atomic E-state index is 10.3. The molecule has 0 aliphatic heterocycles. The molecule has 0 saturated carbocycles. The van der Waals surface area contributed by atoms with Crippen molar-refractivity contribution in [2.45, 2.75) is 13.8 Å². The fraction of sp³-hybridized carbons (Fsp3) is 0.400. The van der Waals surface area contributed by atoms with E-state index in [0.29, 0.717) is 5.76 Å². The van der Waals surface area contributed by atoms with Crippen LogP contribution in [-0.4, -0.2) is 22.4 Å². The molecule has 0 saturated heterocycles. The number of carbonyl (C=O) groups is 1. The predicted octanol–water partition coefficient (Wildman–Crippen LogP) is 0.312. The minimum absolute atomic E-state index is 0.0224. The van der Waals surface area contributed by atoms with Gasteiger partial charge in [-0.15, -0.1) is 0 Å². The summed E-state index contributed by atoms with van der Waals surface area (Å²) in [5, 5.41) is 0. The maximum Gasteiger partial charge on any atom is 0.494 e. The van der Waals surface area contributed by atoms with Crippen LogP contribution in [0.5, 0.6) is 0 Å². The van der Waals surface area contributed by atoms with Crippen LogP contribution in [0, 0.1) is 0 Å². The molecule has 1 radical (unpaired) electrons. The molecule has 0 unspecified atom stereocenters. The minimum Gasteiger partial charge on any atom is -0.653 e. The van der Waals surface area contributed by atoms with E-state index in [9.17, 15) is 4.79 Å². The largest absolute Gasteiger partial charge is 0.653 e. The van der Waals surface area contributed by atoms with Gasteiger partial charge in [0, 0.05) is 6.08 Å². The van der Waals surface area contributed by atoms with Gasteiger partial charge in [-0.1, -0.05) is 0 Å². The molecule has 0 aromatic rings. The van der Waals surface area contributed by atoms with E-state index in [1.165, 1.54) is 29.6 Å². The third-order valence-corrected chi connectivity index (χ3v) is 1.09. The molecule has 0 aromatic carbocycles. The molecule has 0 spiro atoms. The highest BCUT2D eigenvalue weighted by Crippen LogP contribution is 1.89. The molecule has 0 aromatic heterocycles. The number of rotatable bonds is 2. The molecule has 8 heavy (non-hydrogen) atoms. The van der Waals surface area contributed by atoms with Gasteiger partial charge in [0.25, 0.3) is 0 Å². The van der Waals surface area contributed by atoms with E-state index in [1.54, 1.807) is 6.92 Å². The summed E-state index contributed by atoms with van der Waals surface area (Å²) in [5.41, 5.74) is 0. The highest BCUT2D eigenvalue weighted by Gasteiger charge is 1.85. The Hall–Kier alpha value is -0.258. The zero-order chi connectivity index (χ0) is 6.57. The monoisotopic (exact) mass is 127 g/mol. The zero-order valence-electron chi connectivity index (χ0n) is 5.10. The summed E-state index contributed by atoms with van der Waals surface area (Å²) in [7, 11) is 0. The first kappa shape index (κ1) is 7.74. The van der Waals surface area contributed by atoms with Crippen molar-refractivity contribution in [3.63, 3.8) is 0 Å². The van der Waals surface area contributed by atoms with Gasteiger partial charge in [0.2, 0.25) is 0 Å². The SMILES string of the molecule is CC(=O)C=C(C)[O][AlH]. The molecular weight excluding hydrogens is 119 g/mol. The van der Waals surface area contributed by atoms with Gasteiger partial charge in [-0.05, 0) is 13.8 Å². The molecule has 2 nitrogen and oxygen atoms in total. The van der Waals surface area contributed by atoms with Gasteiger partial charge >= 0.3 is 16.6 Å². The second-order valence-corrected chi connectivity index (χ2v) is 1.80. The number of carbonyl (C=O) groups excluding carboxylic acids is 1. The third kappa shape index (κ3) is 3.92. The molecule has 0 rings (SSSR count). The molecule has 0 N–H and O–H groups in total. The average molecular weight is 127 g/mol. The van der Waals surface area contributed by atoms with E-state index in [2.05, 4.69) is 0 Å². The number of allylic oxidation sites excluding steroid dienone is 2. The lowest BCUT2D eigenvalue weighted by Gasteiger charge is -1.97. The van der Waals surface area contributed by atoms with E-state index in [0.717, 1.165) is 0 Å². The van der Waals surface area contributed by atoms with Gasteiger partial charge in [0.1, 0.15) is 0 Å². The Bertz CT molecular complexity index is 118. The average Bonchev–Trinajstić information content (AvgIpc) is 1.65. The van der Waals surface area contributed by atoms with Crippen molar-refractivity contribution in [1.29, 1.82) is 0 Å². The lowest BCUT2D eigenvalue weighted by Crippen LogP contribution is -1.87. The summed E-state index contributed by atoms with van der Waals surface area (Å²) in [4.78, 5) is 10.3. The summed E-state index contributed by atoms with van der Waals surface area (Å²) in [5.74, 6) is 0.685. The topological polar surface area (TPSA) is 26.3 Å². The van der Waals surface area contributed by atoms with Crippen molar-refractivity contribution >= 4 is 22.4 Å². The first-order chi connectivity index (χ1) is 3.66. The van der Waals surface area contributed by atoms with Gasteiger partial charge in [0.05, 0.1) is 5.76 Å². The Morgan fingerprint density at radius 3 is 2.25 bits per heavy atom. The molecule has 0 fully saturated rings. The highest BCUT2D eigenvalue weighted by atomic mass is 27.1.